The molecule has 1 aliphatic heterocycles. The van der Waals surface area contributed by atoms with Crippen molar-refractivity contribution in [2.45, 2.75) is 19.4 Å². The summed E-state index contributed by atoms with van der Waals surface area (Å²) < 4.78 is 2.00. The minimum absolute atomic E-state index is 0.0958. The molecule has 34 heavy (non-hydrogen) atoms. The first kappa shape index (κ1) is 22.0. The lowest BCUT2D eigenvalue weighted by molar-refractivity contribution is 0.0953. The van der Waals surface area contributed by atoms with Gasteiger partial charge in [-0.25, -0.2) is 15.0 Å². The van der Waals surface area contributed by atoms with Gasteiger partial charge in [0.2, 0.25) is 0 Å². The van der Waals surface area contributed by atoms with Crippen LogP contribution in [0.5, 0.6) is 0 Å². The predicted molar refractivity (Wildman–Crippen MR) is 134 cm³/mol. The van der Waals surface area contributed by atoms with E-state index in [9.17, 15) is 4.79 Å². The van der Waals surface area contributed by atoms with Gasteiger partial charge in [0.1, 0.15) is 0 Å². The summed E-state index contributed by atoms with van der Waals surface area (Å²) in [6.45, 7) is 3.30. The molecule has 3 heterocycles. The molecule has 0 saturated carbocycles. The smallest absolute Gasteiger partial charge is 0.251 e. The first-order valence-corrected chi connectivity index (χ1v) is 11.7. The number of hydrogen-bond donors (Lipinski definition) is 1. The van der Waals surface area contributed by atoms with Crippen LogP contribution in [0.2, 0.25) is 0 Å². The molecular weight excluding hydrogens is 424 g/mol. The molecule has 0 unspecified atom stereocenters. The van der Waals surface area contributed by atoms with E-state index in [0.29, 0.717) is 12.1 Å². The van der Waals surface area contributed by atoms with E-state index in [-0.39, 0.29) is 5.91 Å². The summed E-state index contributed by atoms with van der Waals surface area (Å²) >= 11 is 0. The lowest BCUT2D eigenvalue weighted by Gasteiger charge is -2.23. The topological polar surface area (TPSA) is 75.9 Å². The highest BCUT2D eigenvalue weighted by atomic mass is 16.1. The van der Waals surface area contributed by atoms with Crippen molar-refractivity contribution in [3.05, 3.63) is 84.6 Å². The number of benzene rings is 2. The molecule has 0 atom stereocenters. The zero-order valence-electron chi connectivity index (χ0n) is 19.3. The monoisotopic (exact) mass is 452 g/mol. The van der Waals surface area contributed by atoms with E-state index in [1.165, 1.54) is 5.57 Å². The molecule has 4 aromatic rings. The number of carbonyl (C=O) groups is 1. The minimum atomic E-state index is -0.0958. The third-order valence-electron chi connectivity index (χ3n) is 6.13. The summed E-state index contributed by atoms with van der Waals surface area (Å²) in [5.74, 6) is -0.0958. The molecule has 2 aromatic heterocycles. The van der Waals surface area contributed by atoms with Gasteiger partial charge in [-0.1, -0.05) is 36.4 Å². The van der Waals surface area contributed by atoms with E-state index in [0.717, 1.165) is 60.5 Å². The molecule has 1 N–H and O–H groups in total. The van der Waals surface area contributed by atoms with Crippen LogP contribution in [0.4, 0.5) is 0 Å². The molecule has 0 bridgehead atoms. The Morgan fingerprint density at radius 3 is 2.68 bits per heavy atom. The number of amides is 1. The molecule has 2 aromatic carbocycles. The van der Waals surface area contributed by atoms with E-state index in [2.05, 4.69) is 40.5 Å². The highest BCUT2D eigenvalue weighted by molar-refractivity contribution is 5.97. The van der Waals surface area contributed by atoms with Crippen LogP contribution >= 0.6 is 0 Å². The number of imidazole rings is 1. The number of nitrogens with zero attached hydrogens (tertiary/aromatic N) is 5. The zero-order chi connectivity index (χ0) is 23.3. The van der Waals surface area contributed by atoms with E-state index in [4.69, 9.17) is 9.97 Å². The SMILES string of the molecule is CN1CC=C(c2nc3cc(C(=O)NCCCn4ccnc4)ccc3nc2-c2ccccc2)CC1. The average Bonchev–Trinajstić information content (AvgIpc) is 3.40. The van der Waals surface area contributed by atoms with Gasteiger partial charge in [-0.2, -0.15) is 0 Å². The summed E-state index contributed by atoms with van der Waals surface area (Å²) in [5, 5.41) is 3.01. The fraction of sp³-hybridized carbons (Fsp3) is 0.259. The number of hydrogen-bond acceptors (Lipinski definition) is 5. The third kappa shape index (κ3) is 4.89. The molecule has 7 nitrogen and oxygen atoms in total. The van der Waals surface area contributed by atoms with Gasteiger partial charge in [0.25, 0.3) is 5.91 Å². The number of carbonyl (C=O) groups excluding carboxylic acids is 1. The van der Waals surface area contributed by atoms with Crippen molar-refractivity contribution in [2.24, 2.45) is 0 Å². The van der Waals surface area contributed by atoms with Crippen LogP contribution in [0.3, 0.4) is 0 Å². The van der Waals surface area contributed by atoms with Crippen molar-refractivity contribution in [3.63, 3.8) is 0 Å². The second kappa shape index (κ2) is 9.97. The first-order chi connectivity index (χ1) is 16.7. The van der Waals surface area contributed by atoms with Crippen LogP contribution in [0.1, 0.15) is 28.9 Å². The maximum absolute atomic E-state index is 12.8. The maximum atomic E-state index is 12.8. The molecule has 1 amide bonds. The standard InChI is InChI=1S/C27H28N6O/c1-32-15-10-21(11-16-32)26-25(20-6-3-2-4-7-20)30-23-9-8-22(18-24(23)31-26)27(34)29-12-5-14-33-17-13-28-19-33/h2-4,6-10,13,17-19H,5,11-12,14-16H2,1H3,(H,29,34). The Hall–Kier alpha value is -3.84. The summed E-state index contributed by atoms with van der Waals surface area (Å²) in [4.78, 5) is 29.1. The van der Waals surface area contributed by atoms with Crippen molar-refractivity contribution in [3.8, 4) is 11.3 Å². The van der Waals surface area contributed by atoms with Crippen LogP contribution < -0.4 is 5.32 Å². The number of fused-ring (bicyclic) bond motifs is 1. The van der Waals surface area contributed by atoms with Crippen LogP contribution in [0.25, 0.3) is 27.9 Å². The fourth-order valence-corrected chi connectivity index (χ4v) is 4.19. The second-order valence-corrected chi connectivity index (χ2v) is 8.64. The molecule has 0 spiro atoms. The summed E-state index contributed by atoms with van der Waals surface area (Å²) in [5.41, 5.74) is 6.17. The van der Waals surface area contributed by atoms with E-state index < -0.39 is 0 Å². The fourth-order valence-electron chi connectivity index (χ4n) is 4.19. The number of aromatic nitrogens is 4. The first-order valence-electron chi connectivity index (χ1n) is 11.7. The molecule has 172 valence electrons. The van der Waals surface area contributed by atoms with Crippen molar-refractivity contribution >= 4 is 22.5 Å². The van der Waals surface area contributed by atoms with Gasteiger partial charge in [0.15, 0.2) is 0 Å². The number of nitrogens with one attached hydrogen (secondary N) is 1. The van der Waals surface area contributed by atoms with Gasteiger partial charge in [-0.05, 0) is 43.7 Å². The maximum Gasteiger partial charge on any atom is 0.251 e. The Morgan fingerprint density at radius 1 is 1.06 bits per heavy atom. The molecule has 0 saturated heterocycles. The summed E-state index contributed by atoms with van der Waals surface area (Å²) in [6.07, 6.45) is 9.46. The Bertz CT molecular complexity index is 1310. The Balaban J connectivity index is 1.42. The molecular formula is C27H28N6O. The van der Waals surface area contributed by atoms with Crippen LogP contribution in [-0.2, 0) is 6.54 Å². The Labute approximate surface area is 199 Å². The number of aryl methyl sites for hydroxylation is 1. The zero-order valence-corrected chi connectivity index (χ0v) is 19.3. The van der Waals surface area contributed by atoms with Gasteiger partial charge in [-0.3, -0.25) is 4.79 Å². The summed E-state index contributed by atoms with van der Waals surface area (Å²) in [6, 6.07) is 15.8. The molecule has 0 radical (unpaired) electrons. The minimum Gasteiger partial charge on any atom is -0.352 e. The summed E-state index contributed by atoms with van der Waals surface area (Å²) in [7, 11) is 2.12. The van der Waals surface area contributed by atoms with Crippen LogP contribution in [-0.4, -0.2) is 57.0 Å². The molecule has 0 fully saturated rings. The van der Waals surface area contributed by atoms with Gasteiger partial charge < -0.3 is 14.8 Å². The second-order valence-electron chi connectivity index (χ2n) is 8.64. The lowest BCUT2D eigenvalue weighted by atomic mass is 9.99. The van der Waals surface area contributed by atoms with Gasteiger partial charge in [0, 0.05) is 49.7 Å². The third-order valence-corrected chi connectivity index (χ3v) is 6.13. The quantitative estimate of drug-likeness (QED) is 0.429. The van der Waals surface area contributed by atoms with Crippen molar-refractivity contribution in [2.75, 3.05) is 26.7 Å². The van der Waals surface area contributed by atoms with Crippen LogP contribution in [0.15, 0.2) is 73.3 Å². The predicted octanol–water partition coefficient (Wildman–Crippen LogP) is 4.03. The van der Waals surface area contributed by atoms with E-state index in [1.54, 1.807) is 12.5 Å². The number of likely N-dealkylation sites (N-methyl/N-ethyl adjacent to an activating group) is 1. The average molecular weight is 453 g/mol. The van der Waals surface area contributed by atoms with Gasteiger partial charge in [0.05, 0.1) is 28.7 Å². The highest BCUT2D eigenvalue weighted by Crippen LogP contribution is 2.31. The normalized spacial score (nSPS) is 14.2. The van der Waals surface area contributed by atoms with Crippen molar-refractivity contribution < 1.29 is 4.79 Å². The van der Waals surface area contributed by atoms with Gasteiger partial charge in [-0.15, -0.1) is 0 Å². The van der Waals surface area contributed by atoms with Crippen molar-refractivity contribution in [1.82, 2.24) is 29.7 Å². The highest BCUT2D eigenvalue weighted by Gasteiger charge is 2.18. The van der Waals surface area contributed by atoms with Crippen LogP contribution in [0, 0.1) is 0 Å². The van der Waals surface area contributed by atoms with Crippen molar-refractivity contribution in [1.29, 1.82) is 0 Å². The van der Waals surface area contributed by atoms with Gasteiger partial charge >= 0.3 is 0 Å². The largest absolute Gasteiger partial charge is 0.352 e. The lowest BCUT2D eigenvalue weighted by Crippen LogP contribution is -2.25. The number of rotatable bonds is 7. The molecule has 1 aliphatic rings. The molecule has 5 rings (SSSR count). The molecule has 0 aliphatic carbocycles. The van der Waals surface area contributed by atoms with E-state index in [1.807, 2.05) is 47.2 Å². The Kier molecular flexibility index (Phi) is 6.44. The Morgan fingerprint density at radius 2 is 1.91 bits per heavy atom. The van der Waals surface area contributed by atoms with E-state index >= 15 is 0 Å². The molecule has 7 heteroatoms.